The number of morpholine rings is 1. The molecule has 1 heterocycles. The number of hydrogen-bond donors (Lipinski definition) is 1. The van der Waals surface area contributed by atoms with Gasteiger partial charge in [0.05, 0.1) is 24.5 Å². The van der Waals surface area contributed by atoms with Gasteiger partial charge in [0, 0.05) is 31.3 Å². The summed E-state index contributed by atoms with van der Waals surface area (Å²) in [7, 11) is -3.08. The van der Waals surface area contributed by atoms with E-state index < -0.39 is 27.7 Å². The topological polar surface area (TPSA) is 71.0 Å². The van der Waals surface area contributed by atoms with Gasteiger partial charge in [-0.2, -0.15) is 13.2 Å². The zero-order chi connectivity index (χ0) is 22.0. The molecule has 1 unspecified atom stereocenters. The summed E-state index contributed by atoms with van der Waals surface area (Å²) in [4.78, 5) is 6.64. The first-order chi connectivity index (χ1) is 14.0. The molecule has 2 fully saturated rings. The lowest BCUT2D eigenvalue weighted by Crippen LogP contribution is -2.48. The minimum Gasteiger partial charge on any atom is -0.370 e. The van der Waals surface area contributed by atoms with Crippen molar-refractivity contribution in [2.75, 3.05) is 44.8 Å². The van der Waals surface area contributed by atoms with Gasteiger partial charge in [-0.3, -0.25) is 4.99 Å². The lowest BCUT2D eigenvalue weighted by atomic mass is 10.0. The summed E-state index contributed by atoms with van der Waals surface area (Å²) in [5.41, 5.74) is -0.514. The molecule has 2 aliphatic rings. The monoisotopic (exact) mass is 575 g/mol. The van der Waals surface area contributed by atoms with Gasteiger partial charge in [-0.25, -0.2) is 8.42 Å². The normalized spacial score (nSPS) is 21.4. The Morgan fingerprint density at radius 1 is 1.35 bits per heavy atom. The summed E-state index contributed by atoms with van der Waals surface area (Å²) in [6, 6.07) is 5.20. The van der Waals surface area contributed by atoms with Gasteiger partial charge in [0.2, 0.25) is 0 Å². The predicted octanol–water partition coefficient (Wildman–Crippen LogP) is 3.49. The van der Waals surface area contributed by atoms with Crippen LogP contribution in [0.1, 0.15) is 37.0 Å². The average molecular weight is 575 g/mol. The van der Waals surface area contributed by atoms with Crippen molar-refractivity contribution in [3.63, 3.8) is 0 Å². The number of alkyl halides is 3. The smallest absolute Gasteiger partial charge is 0.370 e. The second-order valence-corrected chi connectivity index (χ2v) is 10.3. The molecule has 0 amide bonds. The fourth-order valence-corrected chi connectivity index (χ4v) is 5.20. The van der Waals surface area contributed by atoms with Gasteiger partial charge >= 0.3 is 6.18 Å². The van der Waals surface area contributed by atoms with Crippen LogP contribution in [0.4, 0.5) is 13.2 Å². The Morgan fingerprint density at radius 3 is 2.65 bits per heavy atom. The molecular weight excluding hydrogens is 546 g/mol. The van der Waals surface area contributed by atoms with Gasteiger partial charge in [-0.05, 0) is 37.5 Å². The molecule has 11 heteroatoms. The SMILES string of the molecule is CCNC(=NCC1(CS(C)(=O)=O)CC1)N1CCOC(c2cccc(C(F)(F)F)c2)C1.I. The van der Waals surface area contributed by atoms with E-state index in [1.54, 1.807) is 6.07 Å². The van der Waals surface area contributed by atoms with Gasteiger partial charge in [0.15, 0.2) is 5.96 Å². The van der Waals surface area contributed by atoms with Crippen LogP contribution in [0.5, 0.6) is 0 Å². The third kappa shape index (κ3) is 7.48. The number of halogens is 4. The molecule has 0 spiro atoms. The Bertz CT molecular complexity index is 889. The molecule has 6 nitrogen and oxygen atoms in total. The van der Waals surface area contributed by atoms with Crippen molar-refractivity contribution in [2.45, 2.75) is 32.0 Å². The van der Waals surface area contributed by atoms with Crippen LogP contribution in [0.25, 0.3) is 0 Å². The predicted molar refractivity (Wildman–Crippen MR) is 124 cm³/mol. The number of aliphatic imine (C=N–C) groups is 1. The highest BCUT2D eigenvalue weighted by molar-refractivity contribution is 14.0. The molecule has 1 aliphatic carbocycles. The van der Waals surface area contributed by atoms with Crippen molar-refractivity contribution in [3.8, 4) is 0 Å². The quantitative estimate of drug-likeness (QED) is 0.320. The first kappa shape index (κ1) is 26.2. The van der Waals surface area contributed by atoms with Crippen LogP contribution in [-0.4, -0.2) is 64.1 Å². The van der Waals surface area contributed by atoms with Gasteiger partial charge in [0.1, 0.15) is 15.9 Å². The summed E-state index contributed by atoms with van der Waals surface area (Å²) in [5.74, 6) is 0.761. The highest BCUT2D eigenvalue weighted by Crippen LogP contribution is 2.47. The number of nitrogens with zero attached hydrogens (tertiary/aromatic N) is 2. The van der Waals surface area contributed by atoms with E-state index in [2.05, 4.69) is 10.3 Å². The van der Waals surface area contributed by atoms with Crippen molar-refractivity contribution in [1.29, 1.82) is 0 Å². The van der Waals surface area contributed by atoms with Crippen molar-refractivity contribution >= 4 is 39.8 Å². The van der Waals surface area contributed by atoms with Gasteiger partial charge in [-0.1, -0.05) is 12.1 Å². The third-order valence-corrected chi connectivity index (χ3v) is 6.51. The first-order valence-corrected chi connectivity index (χ1v) is 12.1. The van der Waals surface area contributed by atoms with Crippen LogP contribution in [0.15, 0.2) is 29.3 Å². The molecule has 1 saturated carbocycles. The largest absolute Gasteiger partial charge is 0.416 e. The van der Waals surface area contributed by atoms with Gasteiger partial charge < -0.3 is 15.0 Å². The molecule has 1 aromatic rings. The Hall–Kier alpha value is -1.08. The fraction of sp³-hybridized carbons (Fsp3) is 0.650. The van der Waals surface area contributed by atoms with Crippen LogP contribution in [-0.2, 0) is 20.8 Å². The number of guanidine groups is 1. The Balaban J connectivity index is 0.00000341. The maximum absolute atomic E-state index is 13.1. The third-order valence-electron chi connectivity index (χ3n) is 5.38. The van der Waals surface area contributed by atoms with E-state index in [9.17, 15) is 21.6 Å². The molecule has 0 radical (unpaired) electrons. The molecule has 1 aliphatic heterocycles. The van der Waals surface area contributed by atoms with E-state index in [4.69, 9.17) is 4.74 Å². The van der Waals surface area contributed by atoms with E-state index in [1.165, 1.54) is 12.3 Å². The van der Waals surface area contributed by atoms with Crippen molar-refractivity contribution in [3.05, 3.63) is 35.4 Å². The van der Waals surface area contributed by atoms with E-state index in [0.717, 1.165) is 25.0 Å². The molecule has 1 atom stereocenters. The average Bonchev–Trinajstić information content (AvgIpc) is 3.42. The Labute approximate surface area is 198 Å². The summed E-state index contributed by atoms with van der Waals surface area (Å²) >= 11 is 0. The number of ether oxygens (including phenoxy) is 1. The number of nitrogens with one attached hydrogen (secondary N) is 1. The molecule has 1 aromatic carbocycles. The highest BCUT2D eigenvalue weighted by atomic mass is 127. The lowest BCUT2D eigenvalue weighted by molar-refractivity contribution is -0.137. The van der Waals surface area contributed by atoms with Gasteiger partial charge in [-0.15, -0.1) is 24.0 Å². The molecule has 1 N–H and O–H groups in total. The van der Waals surface area contributed by atoms with Crippen LogP contribution >= 0.6 is 24.0 Å². The summed E-state index contributed by atoms with van der Waals surface area (Å²) in [6.07, 6.45) is -2.00. The minimum atomic E-state index is -4.40. The number of benzene rings is 1. The second kappa shape index (κ2) is 10.2. The van der Waals surface area contributed by atoms with E-state index in [1.807, 2.05) is 11.8 Å². The second-order valence-electron chi connectivity index (χ2n) is 8.17. The minimum absolute atomic E-state index is 0. The van der Waals surface area contributed by atoms with Crippen LogP contribution in [0.3, 0.4) is 0 Å². The van der Waals surface area contributed by atoms with E-state index >= 15 is 0 Å². The summed E-state index contributed by atoms with van der Waals surface area (Å²) < 4.78 is 68.3. The van der Waals surface area contributed by atoms with Crippen LogP contribution in [0, 0.1) is 5.41 Å². The molecule has 3 rings (SSSR count). The van der Waals surface area contributed by atoms with Crippen molar-refractivity contribution < 1.29 is 26.3 Å². The number of hydrogen-bond acceptors (Lipinski definition) is 4. The Kier molecular flexibility index (Phi) is 8.65. The maximum atomic E-state index is 13.1. The highest BCUT2D eigenvalue weighted by Gasteiger charge is 2.45. The standard InChI is InChI=1S/C20H28F3N3O3S.HI/c1-3-24-18(25-13-19(7-8-19)14-30(2,27)28)26-9-10-29-17(12-26)15-5-4-6-16(11-15)20(21,22)23;/h4-6,11,17H,3,7-10,12-14H2,1-2H3,(H,24,25);1H. The fourth-order valence-electron chi connectivity index (χ4n) is 3.71. The van der Waals surface area contributed by atoms with E-state index in [-0.39, 0.29) is 35.1 Å². The van der Waals surface area contributed by atoms with Crippen LogP contribution < -0.4 is 5.32 Å². The first-order valence-electron chi connectivity index (χ1n) is 10.0. The van der Waals surface area contributed by atoms with Crippen LogP contribution in [0.2, 0.25) is 0 Å². The number of sulfone groups is 1. The van der Waals surface area contributed by atoms with Crippen molar-refractivity contribution in [1.82, 2.24) is 10.2 Å². The lowest BCUT2D eigenvalue weighted by Gasteiger charge is -2.35. The summed E-state index contributed by atoms with van der Waals surface area (Å²) in [5, 5.41) is 3.21. The molecule has 1 saturated heterocycles. The number of rotatable bonds is 6. The van der Waals surface area contributed by atoms with E-state index in [0.29, 0.717) is 44.3 Å². The van der Waals surface area contributed by atoms with Gasteiger partial charge in [0.25, 0.3) is 0 Å². The zero-order valence-corrected chi connectivity index (χ0v) is 20.8. The molecule has 0 aromatic heterocycles. The molecule has 0 bridgehead atoms. The molecular formula is C20H29F3IN3O3S. The molecule has 176 valence electrons. The maximum Gasteiger partial charge on any atom is 0.416 e. The molecule has 31 heavy (non-hydrogen) atoms. The van der Waals surface area contributed by atoms with Crippen molar-refractivity contribution in [2.24, 2.45) is 10.4 Å². The Morgan fingerprint density at radius 2 is 2.06 bits per heavy atom. The summed E-state index contributed by atoms with van der Waals surface area (Å²) in [6.45, 7) is 4.26. The zero-order valence-electron chi connectivity index (χ0n) is 17.6.